The lowest BCUT2D eigenvalue weighted by Crippen LogP contribution is -2.48. The first kappa shape index (κ1) is 15.4. The molecule has 7 rings (SSSR count). The van der Waals surface area contributed by atoms with Gasteiger partial charge in [-0.25, -0.2) is 0 Å². The van der Waals surface area contributed by atoms with Gasteiger partial charge in [-0.05, 0) is 60.2 Å². The van der Waals surface area contributed by atoms with Gasteiger partial charge in [0, 0.05) is 0 Å². The van der Waals surface area contributed by atoms with Crippen molar-refractivity contribution >= 4 is 69.6 Å². The third-order valence-electron chi connectivity index (χ3n) is 8.89. The molecule has 7 heteroatoms. The van der Waals surface area contributed by atoms with Gasteiger partial charge in [0.05, 0.1) is 22.3 Å². The lowest BCUT2D eigenvalue weighted by atomic mass is 9.60. The third-order valence-corrected chi connectivity index (χ3v) is 13.2. The standard InChI is InChI=1S/C17H14Cl6O/c18-13-14(19)16(21)10-4-1-3(9(10)15(13,20)17(16,22)23)7-5-2-6(8(4)7)12-11(5)24-12/h3-12H,1-2H2. The van der Waals surface area contributed by atoms with E-state index in [0.29, 0.717) is 57.8 Å². The summed E-state index contributed by atoms with van der Waals surface area (Å²) in [7, 11) is 0. The van der Waals surface area contributed by atoms with E-state index in [9.17, 15) is 0 Å². The maximum atomic E-state index is 7.10. The first-order valence-corrected chi connectivity index (χ1v) is 11.0. The second kappa shape index (κ2) is 3.93. The first-order valence-electron chi connectivity index (χ1n) is 8.73. The van der Waals surface area contributed by atoms with Crippen molar-refractivity contribution in [2.24, 2.45) is 47.3 Å². The third kappa shape index (κ3) is 1.15. The van der Waals surface area contributed by atoms with E-state index in [1.54, 1.807) is 0 Å². The van der Waals surface area contributed by atoms with Crippen molar-refractivity contribution in [1.29, 1.82) is 0 Å². The van der Waals surface area contributed by atoms with E-state index in [4.69, 9.17) is 74.3 Å². The Kier molecular flexibility index (Phi) is 2.52. The number of halogens is 6. The van der Waals surface area contributed by atoms with Crippen LogP contribution >= 0.6 is 69.6 Å². The van der Waals surface area contributed by atoms with Gasteiger partial charge in [0.15, 0.2) is 4.33 Å². The number of rotatable bonds is 0. The van der Waals surface area contributed by atoms with Crippen LogP contribution in [0.3, 0.4) is 0 Å². The molecule has 0 aromatic heterocycles. The number of hydrogen-bond donors (Lipinski definition) is 0. The minimum Gasteiger partial charge on any atom is -0.369 e. The number of allylic oxidation sites excluding steroid dienone is 2. The van der Waals surface area contributed by atoms with E-state index in [-0.39, 0.29) is 11.8 Å². The average molecular weight is 447 g/mol. The van der Waals surface area contributed by atoms with Crippen LogP contribution in [0.1, 0.15) is 12.8 Å². The minimum absolute atomic E-state index is 0.115. The first-order chi connectivity index (χ1) is 11.3. The zero-order valence-electron chi connectivity index (χ0n) is 12.4. The van der Waals surface area contributed by atoms with Crippen LogP contribution in [0.25, 0.3) is 0 Å². The topological polar surface area (TPSA) is 12.5 Å². The van der Waals surface area contributed by atoms with Crippen LogP contribution < -0.4 is 0 Å². The van der Waals surface area contributed by atoms with Crippen molar-refractivity contribution in [3.05, 3.63) is 10.1 Å². The molecule has 5 saturated carbocycles. The zero-order chi connectivity index (χ0) is 16.5. The van der Waals surface area contributed by atoms with Crippen LogP contribution in [0.4, 0.5) is 0 Å². The highest BCUT2D eigenvalue weighted by molar-refractivity contribution is 6.65. The molecule has 130 valence electrons. The fourth-order valence-corrected chi connectivity index (χ4v) is 11.7. The van der Waals surface area contributed by atoms with Gasteiger partial charge in [-0.3, -0.25) is 0 Å². The number of hydrogen-bond acceptors (Lipinski definition) is 1. The molecule has 6 aliphatic carbocycles. The summed E-state index contributed by atoms with van der Waals surface area (Å²) in [5, 5.41) is 0.750. The number of epoxide rings is 1. The summed E-state index contributed by atoms with van der Waals surface area (Å²) < 4.78 is 4.58. The maximum Gasteiger partial charge on any atom is 0.166 e. The molecule has 1 nitrogen and oxygen atoms in total. The molecule has 1 heterocycles. The van der Waals surface area contributed by atoms with Gasteiger partial charge in [0.2, 0.25) is 0 Å². The predicted octanol–water partition coefficient (Wildman–Crippen LogP) is 5.36. The summed E-state index contributed by atoms with van der Waals surface area (Å²) in [6.45, 7) is 0. The quantitative estimate of drug-likeness (QED) is 0.277. The molecule has 24 heavy (non-hydrogen) atoms. The number of alkyl halides is 4. The Morgan fingerprint density at radius 3 is 1.58 bits per heavy atom. The fraction of sp³-hybridized carbons (Fsp3) is 0.882. The Bertz CT molecular complexity index is 695. The maximum absolute atomic E-state index is 7.10. The molecule has 0 spiro atoms. The zero-order valence-corrected chi connectivity index (χ0v) is 16.9. The summed E-state index contributed by atoms with van der Waals surface area (Å²) in [5.41, 5.74) is 0. The molecule has 12 unspecified atom stereocenters. The highest BCUT2D eigenvalue weighted by Crippen LogP contribution is 2.86. The minimum atomic E-state index is -1.36. The van der Waals surface area contributed by atoms with Gasteiger partial charge in [-0.2, -0.15) is 0 Å². The van der Waals surface area contributed by atoms with Crippen molar-refractivity contribution in [3.63, 3.8) is 0 Å². The Labute approximate surface area is 170 Å². The van der Waals surface area contributed by atoms with Crippen LogP contribution in [-0.4, -0.2) is 26.3 Å². The number of ether oxygens (including phenoxy) is 1. The van der Waals surface area contributed by atoms with Gasteiger partial charge in [0.1, 0.15) is 9.75 Å². The Morgan fingerprint density at radius 2 is 1.12 bits per heavy atom. The van der Waals surface area contributed by atoms with Crippen LogP contribution in [-0.2, 0) is 4.74 Å². The smallest absolute Gasteiger partial charge is 0.166 e. The summed E-state index contributed by atoms with van der Waals surface area (Å²) >= 11 is 41.0. The molecular formula is C17H14Cl6O. The van der Waals surface area contributed by atoms with Crippen molar-refractivity contribution in [2.45, 2.75) is 39.1 Å². The Balaban J connectivity index is 1.44. The molecule has 6 bridgehead atoms. The number of fused-ring (bicyclic) bond motifs is 19. The van der Waals surface area contributed by atoms with Crippen LogP contribution in [0.15, 0.2) is 10.1 Å². The molecule has 0 radical (unpaired) electrons. The molecule has 0 N–H and O–H groups in total. The fourth-order valence-electron chi connectivity index (χ4n) is 8.53. The van der Waals surface area contributed by atoms with E-state index in [2.05, 4.69) is 0 Å². The van der Waals surface area contributed by atoms with E-state index < -0.39 is 14.1 Å². The molecule has 0 aromatic carbocycles. The van der Waals surface area contributed by atoms with Gasteiger partial charge in [0.25, 0.3) is 0 Å². The van der Waals surface area contributed by atoms with Crippen LogP contribution in [0.5, 0.6) is 0 Å². The molecular weight excluding hydrogens is 433 g/mol. The van der Waals surface area contributed by atoms with Gasteiger partial charge in [-0.1, -0.05) is 46.4 Å². The predicted molar refractivity (Wildman–Crippen MR) is 96.2 cm³/mol. The molecule has 12 atom stereocenters. The summed E-state index contributed by atoms with van der Waals surface area (Å²) in [6.07, 6.45) is 3.47. The van der Waals surface area contributed by atoms with Crippen molar-refractivity contribution < 1.29 is 4.74 Å². The van der Waals surface area contributed by atoms with Gasteiger partial charge >= 0.3 is 0 Å². The lowest BCUT2D eigenvalue weighted by molar-refractivity contribution is 0.0667. The van der Waals surface area contributed by atoms with Crippen molar-refractivity contribution in [3.8, 4) is 0 Å². The van der Waals surface area contributed by atoms with Gasteiger partial charge < -0.3 is 4.74 Å². The van der Waals surface area contributed by atoms with E-state index in [0.717, 1.165) is 6.42 Å². The van der Waals surface area contributed by atoms with E-state index in [1.165, 1.54) is 6.42 Å². The monoisotopic (exact) mass is 444 g/mol. The molecule has 1 aliphatic heterocycles. The van der Waals surface area contributed by atoms with Crippen molar-refractivity contribution in [2.75, 3.05) is 0 Å². The molecule has 6 fully saturated rings. The normalized spacial score (nSPS) is 71.8. The lowest BCUT2D eigenvalue weighted by Gasteiger charge is -2.46. The summed E-state index contributed by atoms with van der Waals surface area (Å²) in [4.78, 5) is -2.12. The largest absolute Gasteiger partial charge is 0.369 e. The summed E-state index contributed by atoms with van der Waals surface area (Å²) in [6, 6.07) is 0. The molecule has 0 amide bonds. The molecule has 7 aliphatic rings. The highest BCUT2D eigenvalue weighted by Gasteiger charge is 2.89. The average Bonchev–Trinajstić information content (AvgIpc) is 2.86. The Morgan fingerprint density at radius 1 is 0.708 bits per heavy atom. The molecule has 0 aromatic rings. The SMILES string of the molecule is ClC1=C(Cl)C2(Cl)C3C4CC(C5C6CC(C7OC67)C45)C3C1(Cl)C2(Cl)Cl. The van der Waals surface area contributed by atoms with Crippen LogP contribution in [0.2, 0.25) is 0 Å². The second-order valence-electron chi connectivity index (χ2n) is 9.02. The van der Waals surface area contributed by atoms with Crippen molar-refractivity contribution in [1.82, 2.24) is 0 Å². The second-order valence-corrected chi connectivity index (χ2v) is 12.3. The Hall–Kier alpha value is 1.44. The van der Waals surface area contributed by atoms with E-state index in [1.807, 2.05) is 0 Å². The van der Waals surface area contributed by atoms with Crippen LogP contribution in [0, 0.1) is 47.3 Å². The molecule has 1 saturated heterocycles. The van der Waals surface area contributed by atoms with E-state index >= 15 is 0 Å². The van der Waals surface area contributed by atoms with Gasteiger partial charge in [-0.15, -0.1) is 23.2 Å². The summed E-state index contributed by atoms with van der Waals surface area (Å²) in [5.74, 6) is 3.92. The highest BCUT2D eigenvalue weighted by atomic mass is 35.5.